The maximum atomic E-state index is 5.77. The third-order valence-electron chi connectivity index (χ3n) is 7.70. The largest absolute Gasteiger partial charge is 0.468 e. The van der Waals surface area contributed by atoms with E-state index in [0.29, 0.717) is 17.3 Å². The summed E-state index contributed by atoms with van der Waals surface area (Å²) in [5.41, 5.74) is 7.07. The van der Waals surface area contributed by atoms with E-state index in [1.807, 2.05) is 20.0 Å². The summed E-state index contributed by atoms with van der Waals surface area (Å²) in [6.45, 7) is 9.80. The van der Waals surface area contributed by atoms with Gasteiger partial charge in [-0.05, 0) is 87.6 Å². The molecule has 1 aromatic heterocycles. The molecule has 1 fully saturated rings. The van der Waals surface area contributed by atoms with Gasteiger partial charge < -0.3 is 19.9 Å². The van der Waals surface area contributed by atoms with Crippen LogP contribution in [0.25, 0.3) is 0 Å². The van der Waals surface area contributed by atoms with Gasteiger partial charge in [0.2, 0.25) is 0 Å². The normalized spacial score (nSPS) is 22.2. The number of hydrogen-bond acceptors (Lipinski definition) is 6. The van der Waals surface area contributed by atoms with Crippen LogP contribution in [0.4, 0.5) is 5.69 Å². The van der Waals surface area contributed by atoms with E-state index in [4.69, 9.17) is 21.9 Å². The lowest BCUT2D eigenvalue weighted by Gasteiger charge is -2.40. The van der Waals surface area contributed by atoms with Crippen LogP contribution in [-0.2, 0) is 24.1 Å². The second-order valence-electron chi connectivity index (χ2n) is 10.5. The van der Waals surface area contributed by atoms with Gasteiger partial charge in [0.25, 0.3) is 5.17 Å². The molecule has 6 nitrogen and oxygen atoms in total. The number of benzene rings is 1. The molecule has 2 aromatic rings. The fourth-order valence-corrected chi connectivity index (χ4v) is 6.29. The molecule has 3 aliphatic rings. The van der Waals surface area contributed by atoms with E-state index in [0.717, 1.165) is 52.1 Å². The molecule has 1 N–H and O–H groups in total. The van der Waals surface area contributed by atoms with Gasteiger partial charge in [0.1, 0.15) is 0 Å². The molecular formula is C28H39N5OS. The van der Waals surface area contributed by atoms with Crippen LogP contribution in [0.5, 0.6) is 0 Å². The zero-order valence-corrected chi connectivity index (χ0v) is 22.2. The van der Waals surface area contributed by atoms with E-state index in [1.165, 1.54) is 40.9 Å². The predicted molar refractivity (Wildman–Crippen MR) is 146 cm³/mol. The van der Waals surface area contributed by atoms with E-state index >= 15 is 0 Å². The number of anilines is 1. The van der Waals surface area contributed by atoms with Crippen LogP contribution in [0, 0.1) is 0 Å². The molecule has 35 heavy (non-hydrogen) atoms. The monoisotopic (exact) mass is 493 g/mol. The molecule has 0 radical (unpaired) electrons. The molecule has 188 valence electrons. The van der Waals surface area contributed by atoms with Gasteiger partial charge in [-0.25, -0.2) is 0 Å². The molecule has 7 heteroatoms. The van der Waals surface area contributed by atoms with Crippen molar-refractivity contribution in [1.82, 2.24) is 20.1 Å². The fraction of sp³-hybridized carbons (Fsp3) is 0.571. The summed E-state index contributed by atoms with van der Waals surface area (Å²) in [5, 5.41) is 4.46. The topological polar surface area (TPSA) is 43.9 Å². The van der Waals surface area contributed by atoms with Crippen LogP contribution in [-0.4, -0.2) is 71.9 Å². The second-order valence-corrected chi connectivity index (χ2v) is 10.8. The third-order valence-corrected chi connectivity index (χ3v) is 8.06. The number of thiocarbonyl (C=S) groups is 1. The summed E-state index contributed by atoms with van der Waals surface area (Å²) in [5.74, 6) is 0. The first-order valence-electron chi connectivity index (χ1n) is 13.2. The highest BCUT2D eigenvalue weighted by Crippen LogP contribution is 2.33. The van der Waals surface area contributed by atoms with Crippen molar-refractivity contribution in [1.29, 1.82) is 0 Å². The molecule has 5 rings (SSSR count). The highest BCUT2D eigenvalue weighted by Gasteiger charge is 2.30. The van der Waals surface area contributed by atoms with Crippen LogP contribution < -0.4 is 10.2 Å². The average Bonchev–Trinajstić information content (AvgIpc) is 2.87. The van der Waals surface area contributed by atoms with Gasteiger partial charge in [-0.1, -0.05) is 18.2 Å². The molecule has 1 saturated heterocycles. The Morgan fingerprint density at radius 3 is 2.77 bits per heavy atom. The summed E-state index contributed by atoms with van der Waals surface area (Å²) in [7, 11) is 2.28. The molecule has 2 aliphatic heterocycles. The van der Waals surface area contributed by atoms with Crippen molar-refractivity contribution >= 4 is 23.1 Å². The van der Waals surface area contributed by atoms with Gasteiger partial charge in [-0.3, -0.25) is 9.88 Å². The smallest absolute Gasteiger partial charge is 0.259 e. The highest BCUT2D eigenvalue weighted by molar-refractivity contribution is 7.80. The minimum Gasteiger partial charge on any atom is -0.468 e. The molecule has 3 heterocycles. The molecule has 0 spiro atoms. The lowest BCUT2D eigenvalue weighted by atomic mass is 9.89. The van der Waals surface area contributed by atoms with Gasteiger partial charge in [0, 0.05) is 57.2 Å². The summed E-state index contributed by atoms with van der Waals surface area (Å²) in [6.07, 6.45) is 6.74. The van der Waals surface area contributed by atoms with Crippen LogP contribution in [0.3, 0.4) is 0 Å². The number of pyridine rings is 1. The highest BCUT2D eigenvalue weighted by atomic mass is 32.1. The van der Waals surface area contributed by atoms with Crippen molar-refractivity contribution in [3.05, 3.63) is 58.9 Å². The minimum atomic E-state index is 0.127. The molecule has 0 bridgehead atoms. The van der Waals surface area contributed by atoms with Crippen LogP contribution in [0.2, 0.25) is 0 Å². The van der Waals surface area contributed by atoms with E-state index in [1.54, 1.807) is 0 Å². The quantitative estimate of drug-likeness (QED) is 0.633. The number of nitrogens with zero attached hydrogens (tertiary/aromatic N) is 4. The third kappa shape index (κ3) is 5.47. The lowest BCUT2D eigenvalue weighted by Crippen LogP contribution is -2.50. The van der Waals surface area contributed by atoms with Crippen LogP contribution >= 0.6 is 12.2 Å². The van der Waals surface area contributed by atoms with E-state index in [2.05, 4.69) is 57.4 Å². The summed E-state index contributed by atoms with van der Waals surface area (Å²) < 4.78 is 5.77. The average molecular weight is 494 g/mol. The Labute approximate surface area is 215 Å². The Hall–Kier alpha value is -2.22. The van der Waals surface area contributed by atoms with E-state index < -0.39 is 0 Å². The Bertz CT molecular complexity index is 1040. The first kappa shape index (κ1) is 24.5. The van der Waals surface area contributed by atoms with Crippen molar-refractivity contribution in [2.75, 3.05) is 44.7 Å². The zero-order valence-electron chi connectivity index (χ0n) is 21.4. The van der Waals surface area contributed by atoms with Gasteiger partial charge >= 0.3 is 0 Å². The number of likely N-dealkylation sites (N-methyl/N-ethyl adjacent to an activating group) is 1. The molecule has 0 amide bonds. The fourth-order valence-electron chi connectivity index (χ4n) is 5.92. The summed E-state index contributed by atoms with van der Waals surface area (Å²) in [6, 6.07) is 12.0. The van der Waals surface area contributed by atoms with Gasteiger partial charge in [-0.15, -0.1) is 0 Å². The number of piperazine rings is 1. The summed E-state index contributed by atoms with van der Waals surface area (Å²) >= 11 is 5.50. The van der Waals surface area contributed by atoms with Crippen molar-refractivity contribution in [2.24, 2.45) is 0 Å². The van der Waals surface area contributed by atoms with E-state index in [-0.39, 0.29) is 6.10 Å². The molecule has 0 saturated carbocycles. The number of rotatable bonds is 5. The Morgan fingerprint density at radius 1 is 1.17 bits per heavy atom. The van der Waals surface area contributed by atoms with Crippen LogP contribution in [0.1, 0.15) is 55.1 Å². The number of hydrogen-bond donors (Lipinski definition) is 1. The maximum Gasteiger partial charge on any atom is 0.259 e. The number of fused-ring (bicyclic) bond motifs is 2. The predicted octanol–water partition coefficient (Wildman–Crippen LogP) is 3.94. The van der Waals surface area contributed by atoms with Gasteiger partial charge in [0.15, 0.2) is 0 Å². The first-order chi connectivity index (χ1) is 17.0. The Balaban J connectivity index is 1.24. The lowest BCUT2D eigenvalue weighted by molar-refractivity contribution is 0.183. The molecule has 1 aromatic carbocycles. The van der Waals surface area contributed by atoms with Crippen molar-refractivity contribution in [2.45, 2.75) is 64.3 Å². The Kier molecular flexibility index (Phi) is 7.56. The molecule has 0 unspecified atom stereocenters. The zero-order chi connectivity index (χ0) is 24.4. The molecular weight excluding hydrogens is 454 g/mol. The second kappa shape index (κ2) is 10.8. The standard InChI is InChI=1S/C28H39N5OS/c1-20(2)34-28(35)33-15-13-32(14-16-33)25-10-5-8-22-18-30-23(17-24(22)25)19-31(3)26-11-4-7-21-9-6-12-29-27(21)26/h5-6,8-10,12,20,23,26,30H,4,7,11,13-19H2,1-3H3/t23-,26+/m1/s1. The van der Waals surface area contributed by atoms with Gasteiger partial charge in [0.05, 0.1) is 17.8 Å². The van der Waals surface area contributed by atoms with Crippen molar-refractivity contribution in [3.8, 4) is 0 Å². The number of aromatic nitrogens is 1. The minimum absolute atomic E-state index is 0.127. The molecule has 1 aliphatic carbocycles. The van der Waals surface area contributed by atoms with Crippen molar-refractivity contribution < 1.29 is 4.74 Å². The van der Waals surface area contributed by atoms with E-state index in [9.17, 15) is 0 Å². The first-order valence-corrected chi connectivity index (χ1v) is 13.6. The van der Waals surface area contributed by atoms with Crippen LogP contribution in [0.15, 0.2) is 36.5 Å². The SMILES string of the molecule is CC(C)OC(=S)N1CCN(c2cccc3c2C[C@H](CN(C)[C@H]2CCCc4cccnc42)NC3)CC1. The number of ether oxygens (including phenoxy) is 1. The van der Waals surface area contributed by atoms with Gasteiger partial charge in [-0.2, -0.15) is 0 Å². The number of aryl methyl sites for hydroxylation is 1. The molecule has 2 atom stereocenters. The number of nitrogens with one attached hydrogen (secondary N) is 1. The maximum absolute atomic E-state index is 5.77. The van der Waals surface area contributed by atoms with Crippen molar-refractivity contribution in [3.63, 3.8) is 0 Å². The summed E-state index contributed by atoms with van der Waals surface area (Å²) in [4.78, 5) is 12.0. The Morgan fingerprint density at radius 2 is 1.97 bits per heavy atom.